The summed E-state index contributed by atoms with van der Waals surface area (Å²) in [5.74, 6) is 0.0929. The molecule has 3 heterocycles. The van der Waals surface area contributed by atoms with Gasteiger partial charge in [-0.15, -0.1) is 0 Å². The number of fused-ring (bicyclic) bond motifs is 1. The average Bonchev–Trinajstić information content (AvgIpc) is 3.19. The van der Waals surface area contributed by atoms with E-state index in [1.165, 1.54) is 5.56 Å². The Hall–Kier alpha value is -2.44. The minimum atomic E-state index is -0.586. The predicted octanol–water partition coefficient (Wildman–Crippen LogP) is 3.50. The number of likely N-dealkylation sites (tertiary alicyclic amines) is 1. The molecule has 27 heavy (non-hydrogen) atoms. The monoisotopic (exact) mass is 382 g/mol. The van der Waals surface area contributed by atoms with Crippen LogP contribution in [0, 0.1) is 5.92 Å². The van der Waals surface area contributed by atoms with Crippen LogP contribution >= 0.6 is 11.3 Å². The largest absolute Gasteiger partial charge is 0.422 e. The van der Waals surface area contributed by atoms with Crippen LogP contribution in [0.5, 0.6) is 0 Å². The lowest BCUT2D eigenvalue weighted by molar-refractivity contribution is 0.0931. The zero-order valence-electron chi connectivity index (χ0n) is 15.0. The predicted molar refractivity (Wildman–Crippen MR) is 107 cm³/mol. The van der Waals surface area contributed by atoms with Crippen LogP contribution in [0.25, 0.3) is 11.0 Å². The Kier molecular flexibility index (Phi) is 5.36. The molecule has 1 aromatic carbocycles. The summed E-state index contributed by atoms with van der Waals surface area (Å²) >= 11 is 1.73. The molecule has 3 aromatic rings. The highest BCUT2D eigenvalue weighted by Crippen LogP contribution is 2.19. The highest BCUT2D eigenvalue weighted by molar-refractivity contribution is 7.07. The Morgan fingerprint density at radius 3 is 2.81 bits per heavy atom. The van der Waals surface area contributed by atoms with Crippen LogP contribution in [0.15, 0.2) is 56.4 Å². The van der Waals surface area contributed by atoms with Gasteiger partial charge in [0.05, 0.1) is 0 Å². The van der Waals surface area contributed by atoms with E-state index < -0.39 is 5.63 Å². The van der Waals surface area contributed by atoms with Crippen molar-refractivity contribution in [2.24, 2.45) is 5.92 Å². The first-order valence-corrected chi connectivity index (χ1v) is 10.2. The molecule has 0 saturated carbocycles. The van der Waals surface area contributed by atoms with Crippen LogP contribution in [-0.4, -0.2) is 30.4 Å². The van der Waals surface area contributed by atoms with Gasteiger partial charge in [-0.25, -0.2) is 4.79 Å². The van der Waals surface area contributed by atoms with Gasteiger partial charge >= 0.3 is 5.63 Å². The van der Waals surface area contributed by atoms with Crippen LogP contribution in [0.3, 0.4) is 0 Å². The van der Waals surface area contributed by atoms with Gasteiger partial charge in [0.25, 0.3) is 5.91 Å². The molecule has 5 nitrogen and oxygen atoms in total. The molecular weight excluding hydrogens is 360 g/mol. The number of nitrogens with one attached hydrogen (secondary N) is 1. The molecule has 0 aliphatic carbocycles. The van der Waals surface area contributed by atoms with Crippen molar-refractivity contribution in [3.63, 3.8) is 0 Å². The van der Waals surface area contributed by atoms with E-state index in [-0.39, 0.29) is 11.5 Å². The van der Waals surface area contributed by atoms with Crippen molar-refractivity contribution in [1.82, 2.24) is 10.2 Å². The maximum atomic E-state index is 12.4. The Morgan fingerprint density at radius 2 is 2.04 bits per heavy atom. The summed E-state index contributed by atoms with van der Waals surface area (Å²) in [5, 5.41) is 7.98. The molecule has 1 saturated heterocycles. The van der Waals surface area contributed by atoms with Gasteiger partial charge in [0.2, 0.25) is 0 Å². The fraction of sp³-hybridized carbons (Fsp3) is 0.333. The standard InChI is InChI=1S/C21H22N2O3S/c24-20(18-11-17-3-1-2-4-19(17)26-21(18)25)22-12-15-5-8-23(9-6-15)13-16-7-10-27-14-16/h1-4,7,10-11,14-15H,5-6,8-9,12-13H2,(H,22,24). The van der Waals surface area contributed by atoms with Crippen molar-refractivity contribution >= 4 is 28.2 Å². The summed E-state index contributed by atoms with van der Waals surface area (Å²) in [4.78, 5) is 27.0. The summed E-state index contributed by atoms with van der Waals surface area (Å²) in [6, 6.07) is 11.0. The van der Waals surface area contributed by atoms with Gasteiger partial charge in [-0.2, -0.15) is 11.3 Å². The summed E-state index contributed by atoms with van der Waals surface area (Å²) in [6.45, 7) is 3.67. The minimum Gasteiger partial charge on any atom is -0.422 e. The number of para-hydroxylation sites is 1. The van der Waals surface area contributed by atoms with Gasteiger partial charge in [-0.3, -0.25) is 9.69 Å². The van der Waals surface area contributed by atoms with Gasteiger partial charge in [-0.05, 0) is 66.4 Å². The highest BCUT2D eigenvalue weighted by atomic mass is 32.1. The van der Waals surface area contributed by atoms with E-state index in [0.29, 0.717) is 18.0 Å². The lowest BCUT2D eigenvalue weighted by atomic mass is 9.96. The highest BCUT2D eigenvalue weighted by Gasteiger charge is 2.21. The Bertz CT molecular complexity index is 973. The number of piperidine rings is 1. The number of carbonyl (C=O) groups is 1. The number of nitrogens with zero attached hydrogens (tertiary/aromatic N) is 1. The van der Waals surface area contributed by atoms with Crippen molar-refractivity contribution in [3.05, 3.63) is 68.7 Å². The van der Waals surface area contributed by atoms with Crippen molar-refractivity contribution in [2.75, 3.05) is 19.6 Å². The molecule has 0 atom stereocenters. The first-order valence-electron chi connectivity index (χ1n) is 9.23. The van der Waals surface area contributed by atoms with Gasteiger partial charge in [0.1, 0.15) is 11.1 Å². The van der Waals surface area contributed by atoms with Gasteiger partial charge < -0.3 is 9.73 Å². The molecule has 4 rings (SSSR count). The third-order valence-electron chi connectivity index (χ3n) is 5.13. The SMILES string of the molecule is O=C(NCC1CCN(Cc2ccsc2)CC1)c1cc2ccccc2oc1=O. The minimum absolute atomic E-state index is 0.0728. The van der Waals surface area contributed by atoms with Crippen molar-refractivity contribution in [3.8, 4) is 0 Å². The number of hydrogen-bond acceptors (Lipinski definition) is 5. The van der Waals surface area contributed by atoms with Gasteiger partial charge in [0.15, 0.2) is 0 Å². The average molecular weight is 382 g/mol. The molecule has 0 spiro atoms. The number of amides is 1. The Balaban J connectivity index is 1.31. The third kappa shape index (κ3) is 4.28. The number of thiophene rings is 1. The first-order chi connectivity index (χ1) is 13.2. The van der Waals surface area contributed by atoms with Crippen molar-refractivity contribution in [1.29, 1.82) is 0 Å². The van der Waals surface area contributed by atoms with E-state index >= 15 is 0 Å². The van der Waals surface area contributed by atoms with E-state index in [4.69, 9.17) is 4.42 Å². The molecule has 1 amide bonds. The maximum Gasteiger partial charge on any atom is 0.349 e. The van der Waals surface area contributed by atoms with E-state index in [0.717, 1.165) is 37.9 Å². The van der Waals surface area contributed by atoms with Gasteiger partial charge in [0, 0.05) is 18.5 Å². The molecule has 140 valence electrons. The van der Waals surface area contributed by atoms with Crippen LogP contribution in [0.2, 0.25) is 0 Å². The number of carbonyl (C=O) groups excluding carboxylic acids is 1. The molecule has 1 aliphatic rings. The fourth-order valence-electron chi connectivity index (χ4n) is 3.54. The van der Waals surface area contributed by atoms with Crippen molar-refractivity contribution in [2.45, 2.75) is 19.4 Å². The smallest absolute Gasteiger partial charge is 0.349 e. The molecule has 1 fully saturated rings. The summed E-state index contributed by atoms with van der Waals surface area (Å²) in [7, 11) is 0. The number of benzene rings is 1. The van der Waals surface area contributed by atoms with Crippen molar-refractivity contribution < 1.29 is 9.21 Å². The second-order valence-corrected chi connectivity index (χ2v) is 7.83. The first kappa shape index (κ1) is 17.9. The van der Waals surface area contributed by atoms with Crippen LogP contribution in [0.4, 0.5) is 0 Å². The lowest BCUT2D eigenvalue weighted by Gasteiger charge is -2.31. The topological polar surface area (TPSA) is 62.6 Å². The Morgan fingerprint density at radius 1 is 1.22 bits per heavy atom. The fourth-order valence-corrected chi connectivity index (χ4v) is 4.20. The number of hydrogen-bond donors (Lipinski definition) is 1. The van der Waals surface area contributed by atoms with E-state index in [1.807, 2.05) is 12.1 Å². The summed E-state index contributed by atoms with van der Waals surface area (Å²) in [5.41, 5.74) is 1.35. The second kappa shape index (κ2) is 8.06. The molecule has 1 aliphatic heterocycles. The molecule has 0 unspecified atom stereocenters. The quantitative estimate of drug-likeness (QED) is 0.686. The van der Waals surface area contributed by atoms with E-state index in [9.17, 15) is 9.59 Å². The zero-order chi connectivity index (χ0) is 18.6. The Labute approximate surface area is 161 Å². The lowest BCUT2D eigenvalue weighted by Crippen LogP contribution is -2.39. The van der Waals surface area contributed by atoms with Gasteiger partial charge in [-0.1, -0.05) is 18.2 Å². The molecular formula is C21H22N2O3S. The summed E-state index contributed by atoms with van der Waals surface area (Å²) in [6.07, 6.45) is 2.10. The third-order valence-corrected chi connectivity index (χ3v) is 5.86. The van der Waals surface area contributed by atoms with E-state index in [2.05, 4.69) is 27.0 Å². The molecule has 6 heteroatoms. The zero-order valence-corrected chi connectivity index (χ0v) is 15.8. The maximum absolute atomic E-state index is 12.4. The van der Waals surface area contributed by atoms with E-state index in [1.54, 1.807) is 29.5 Å². The normalized spacial score (nSPS) is 15.9. The number of rotatable bonds is 5. The second-order valence-electron chi connectivity index (χ2n) is 7.05. The molecule has 0 bridgehead atoms. The summed E-state index contributed by atoms with van der Waals surface area (Å²) < 4.78 is 5.25. The molecule has 1 N–H and O–H groups in total. The van der Waals surface area contributed by atoms with Crippen LogP contribution in [0.1, 0.15) is 28.8 Å². The molecule has 0 radical (unpaired) electrons. The van der Waals surface area contributed by atoms with Crippen LogP contribution < -0.4 is 10.9 Å². The van der Waals surface area contributed by atoms with Crippen LogP contribution in [-0.2, 0) is 6.54 Å². The molecule has 2 aromatic heterocycles.